The summed E-state index contributed by atoms with van der Waals surface area (Å²) in [5, 5.41) is 14.2. The van der Waals surface area contributed by atoms with E-state index in [-0.39, 0.29) is 0 Å². The lowest BCUT2D eigenvalue weighted by Gasteiger charge is -2.31. The van der Waals surface area contributed by atoms with Crippen LogP contribution in [0.5, 0.6) is 0 Å². The Labute approximate surface area is 109 Å². The van der Waals surface area contributed by atoms with Crippen molar-refractivity contribution in [2.24, 2.45) is 0 Å². The standard InChI is InChI=1S/C14H25N3O/c1-3-9-17-10-8-16-13(17)14(2,18)11-12-6-4-5-7-15-12/h8,10,12,15,18H,3-7,9,11H2,1-2H3. The maximum absolute atomic E-state index is 10.7. The van der Waals surface area contributed by atoms with E-state index in [1.807, 2.05) is 13.1 Å². The predicted octanol–water partition coefficient (Wildman–Crippen LogP) is 2.03. The molecule has 2 rings (SSSR count). The minimum atomic E-state index is -0.840. The molecule has 1 aliphatic rings. The zero-order valence-electron chi connectivity index (χ0n) is 11.5. The Morgan fingerprint density at radius 3 is 3.06 bits per heavy atom. The molecular weight excluding hydrogens is 226 g/mol. The minimum absolute atomic E-state index is 0.417. The summed E-state index contributed by atoms with van der Waals surface area (Å²) in [6.07, 6.45) is 9.22. The van der Waals surface area contributed by atoms with Gasteiger partial charge in [-0.15, -0.1) is 0 Å². The van der Waals surface area contributed by atoms with Crippen LogP contribution in [0.25, 0.3) is 0 Å². The first-order valence-electron chi connectivity index (χ1n) is 7.11. The fourth-order valence-electron chi connectivity index (χ4n) is 2.87. The van der Waals surface area contributed by atoms with Gasteiger partial charge in [0.05, 0.1) is 0 Å². The van der Waals surface area contributed by atoms with Gasteiger partial charge >= 0.3 is 0 Å². The minimum Gasteiger partial charge on any atom is -0.382 e. The van der Waals surface area contributed by atoms with Gasteiger partial charge in [-0.05, 0) is 39.2 Å². The van der Waals surface area contributed by atoms with Gasteiger partial charge in [-0.3, -0.25) is 0 Å². The smallest absolute Gasteiger partial charge is 0.140 e. The van der Waals surface area contributed by atoms with Gasteiger partial charge < -0.3 is 15.0 Å². The van der Waals surface area contributed by atoms with Crippen molar-refractivity contribution in [3.63, 3.8) is 0 Å². The molecule has 1 saturated heterocycles. The lowest BCUT2D eigenvalue weighted by atomic mass is 9.91. The van der Waals surface area contributed by atoms with E-state index in [9.17, 15) is 5.11 Å². The molecule has 0 saturated carbocycles. The number of hydrogen-bond acceptors (Lipinski definition) is 3. The molecule has 0 spiro atoms. The van der Waals surface area contributed by atoms with E-state index in [0.29, 0.717) is 6.04 Å². The molecule has 2 N–H and O–H groups in total. The Morgan fingerprint density at radius 2 is 2.39 bits per heavy atom. The van der Waals surface area contributed by atoms with Gasteiger partial charge in [0.15, 0.2) is 0 Å². The van der Waals surface area contributed by atoms with Gasteiger partial charge in [0.1, 0.15) is 11.4 Å². The second-order valence-electron chi connectivity index (χ2n) is 5.57. The summed E-state index contributed by atoms with van der Waals surface area (Å²) in [4.78, 5) is 4.36. The van der Waals surface area contributed by atoms with Crippen molar-refractivity contribution in [1.29, 1.82) is 0 Å². The lowest BCUT2D eigenvalue weighted by Crippen LogP contribution is -2.40. The van der Waals surface area contributed by atoms with Gasteiger partial charge in [-0.1, -0.05) is 13.3 Å². The van der Waals surface area contributed by atoms with Crippen LogP contribution < -0.4 is 5.32 Å². The molecule has 2 heterocycles. The molecule has 2 atom stereocenters. The molecular formula is C14H25N3O. The second kappa shape index (κ2) is 5.85. The third-order valence-corrected chi connectivity index (χ3v) is 3.72. The average molecular weight is 251 g/mol. The Balaban J connectivity index is 2.06. The number of nitrogens with zero attached hydrogens (tertiary/aromatic N) is 2. The Kier molecular flexibility index (Phi) is 4.40. The van der Waals surface area contributed by atoms with Crippen LogP contribution in [0.3, 0.4) is 0 Å². The molecule has 0 bridgehead atoms. The summed E-state index contributed by atoms with van der Waals surface area (Å²) >= 11 is 0. The largest absolute Gasteiger partial charge is 0.382 e. The van der Waals surface area contributed by atoms with Crippen LogP contribution in [0.2, 0.25) is 0 Å². The molecule has 4 nitrogen and oxygen atoms in total. The molecule has 0 radical (unpaired) electrons. The van der Waals surface area contributed by atoms with E-state index < -0.39 is 5.60 Å². The summed E-state index contributed by atoms with van der Waals surface area (Å²) in [7, 11) is 0. The quantitative estimate of drug-likeness (QED) is 0.842. The van der Waals surface area contributed by atoms with Crippen LogP contribution in [0, 0.1) is 0 Å². The average Bonchev–Trinajstić information content (AvgIpc) is 2.79. The summed E-state index contributed by atoms with van der Waals surface area (Å²) in [6, 6.07) is 0.417. The zero-order valence-corrected chi connectivity index (χ0v) is 11.5. The van der Waals surface area contributed by atoms with Gasteiger partial charge in [0.2, 0.25) is 0 Å². The van der Waals surface area contributed by atoms with E-state index in [1.165, 1.54) is 12.8 Å². The highest BCUT2D eigenvalue weighted by Gasteiger charge is 2.31. The Bertz CT molecular complexity index is 367. The SMILES string of the molecule is CCCn1ccnc1C(C)(O)CC1CCCCN1. The van der Waals surface area contributed by atoms with Crippen LogP contribution in [-0.2, 0) is 12.1 Å². The number of aliphatic hydroxyl groups is 1. The molecule has 1 aliphatic heterocycles. The van der Waals surface area contributed by atoms with Crippen molar-refractivity contribution in [1.82, 2.24) is 14.9 Å². The zero-order chi connectivity index (χ0) is 13.0. The van der Waals surface area contributed by atoms with Crippen molar-refractivity contribution in [3.05, 3.63) is 18.2 Å². The lowest BCUT2D eigenvalue weighted by molar-refractivity contribution is 0.0211. The normalized spacial score (nSPS) is 23.8. The Hall–Kier alpha value is -0.870. The van der Waals surface area contributed by atoms with Crippen LogP contribution >= 0.6 is 0 Å². The first kappa shape index (κ1) is 13.6. The van der Waals surface area contributed by atoms with Gasteiger partial charge in [-0.2, -0.15) is 0 Å². The molecule has 1 aromatic heterocycles. The summed E-state index contributed by atoms with van der Waals surface area (Å²) in [5.74, 6) is 0.803. The second-order valence-corrected chi connectivity index (χ2v) is 5.57. The van der Waals surface area contributed by atoms with Crippen LogP contribution in [0.4, 0.5) is 0 Å². The number of rotatable bonds is 5. The molecule has 1 aromatic rings. The Morgan fingerprint density at radius 1 is 1.56 bits per heavy atom. The maximum Gasteiger partial charge on any atom is 0.140 e. The number of aryl methyl sites for hydroxylation is 1. The molecule has 4 heteroatoms. The molecule has 0 aliphatic carbocycles. The van der Waals surface area contributed by atoms with Crippen molar-refractivity contribution in [3.8, 4) is 0 Å². The molecule has 102 valence electrons. The molecule has 1 fully saturated rings. The molecule has 0 amide bonds. The molecule has 0 aromatic carbocycles. The third kappa shape index (κ3) is 3.12. The van der Waals surface area contributed by atoms with Gasteiger partial charge in [-0.25, -0.2) is 4.98 Å². The number of hydrogen-bond donors (Lipinski definition) is 2. The number of nitrogens with one attached hydrogen (secondary N) is 1. The topological polar surface area (TPSA) is 50.1 Å². The van der Waals surface area contributed by atoms with Crippen molar-refractivity contribution in [2.45, 2.75) is 64.1 Å². The van der Waals surface area contributed by atoms with E-state index >= 15 is 0 Å². The summed E-state index contributed by atoms with van der Waals surface area (Å²) < 4.78 is 2.07. The highest BCUT2D eigenvalue weighted by molar-refractivity contribution is 5.04. The van der Waals surface area contributed by atoms with Gasteiger partial charge in [0.25, 0.3) is 0 Å². The van der Waals surface area contributed by atoms with Crippen LogP contribution in [-0.4, -0.2) is 27.2 Å². The van der Waals surface area contributed by atoms with Crippen molar-refractivity contribution < 1.29 is 5.11 Å². The molecule has 2 unspecified atom stereocenters. The summed E-state index contributed by atoms with van der Waals surface area (Å²) in [6.45, 7) is 6.02. The molecule has 18 heavy (non-hydrogen) atoms. The van der Waals surface area contributed by atoms with E-state index in [0.717, 1.165) is 38.2 Å². The van der Waals surface area contributed by atoms with Crippen LogP contribution in [0.15, 0.2) is 12.4 Å². The van der Waals surface area contributed by atoms with Gasteiger partial charge in [0, 0.05) is 25.0 Å². The number of aromatic nitrogens is 2. The van der Waals surface area contributed by atoms with Crippen molar-refractivity contribution in [2.75, 3.05) is 6.54 Å². The van der Waals surface area contributed by atoms with E-state index in [1.54, 1.807) is 6.20 Å². The third-order valence-electron chi connectivity index (χ3n) is 3.72. The highest BCUT2D eigenvalue weighted by atomic mass is 16.3. The fraction of sp³-hybridized carbons (Fsp3) is 0.786. The first-order chi connectivity index (χ1) is 8.63. The van der Waals surface area contributed by atoms with Crippen molar-refractivity contribution >= 4 is 0 Å². The monoisotopic (exact) mass is 251 g/mol. The van der Waals surface area contributed by atoms with Crippen LogP contribution in [0.1, 0.15) is 51.8 Å². The highest BCUT2D eigenvalue weighted by Crippen LogP contribution is 2.27. The summed E-state index contributed by atoms with van der Waals surface area (Å²) in [5.41, 5.74) is -0.840. The van der Waals surface area contributed by atoms with E-state index in [4.69, 9.17) is 0 Å². The fourth-order valence-corrected chi connectivity index (χ4v) is 2.87. The van der Waals surface area contributed by atoms with E-state index in [2.05, 4.69) is 21.8 Å². The predicted molar refractivity (Wildman–Crippen MR) is 72.3 cm³/mol. The number of imidazole rings is 1. The first-order valence-corrected chi connectivity index (χ1v) is 7.11. The maximum atomic E-state index is 10.7. The number of piperidine rings is 1.